The van der Waals surface area contributed by atoms with Gasteiger partial charge in [0.15, 0.2) is 0 Å². The van der Waals surface area contributed by atoms with Crippen LogP contribution in [0.5, 0.6) is 11.5 Å². The van der Waals surface area contributed by atoms with Crippen molar-refractivity contribution in [3.05, 3.63) is 59.2 Å². The number of phenols is 2. The topological polar surface area (TPSA) is 60.7 Å². The third kappa shape index (κ3) is 2.29. The Bertz CT molecular complexity index is 578. The Balaban J connectivity index is 2.63. The zero-order chi connectivity index (χ0) is 14.0. The molecule has 1 atom stereocenters. The van der Waals surface area contributed by atoms with Crippen LogP contribution in [0.1, 0.15) is 30.0 Å². The summed E-state index contributed by atoms with van der Waals surface area (Å²) in [5.41, 5.74) is 0.282. The predicted octanol–water partition coefficient (Wildman–Crippen LogP) is 3.05. The summed E-state index contributed by atoms with van der Waals surface area (Å²) in [5.74, 6) is 0.0547. The quantitative estimate of drug-likeness (QED) is 0.741. The summed E-state index contributed by atoms with van der Waals surface area (Å²) in [7, 11) is 0. The van der Waals surface area contributed by atoms with Crippen LogP contribution >= 0.6 is 0 Å². The van der Waals surface area contributed by atoms with Crippen LogP contribution in [0.3, 0.4) is 0 Å². The van der Waals surface area contributed by atoms with E-state index in [0.717, 1.165) is 0 Å². The normalized spacial score (nSPS) is 14.1. The van der Waals surface area contributed by atoms with Gasteiger partial charge in [-0.05, 0) is 36.6 Å². The summed E-state index contributed by atoms with van der Waals surface area (Å²) in [4.78, 5) is 0. The van der Waals surface area contributed by atoms with Crippen LogP contribution in [0.15, 0.2) is 42.5 Å². The molecule has 2 aromatic rings. The van der Waals surface area contributed by atoms with E-state index >= 15 is 0 Å². The van der Waals surface area contributed by atoms with Crippen LogP contribution in [0.4, 0.5) is 0 Å². The SMILES string of the molecule is CCC(O)(c1ccccc1)c1cc(O)c(C)cc1O. The lowest BCUT2D eigenvalue weighted by atomic mass is 9.83. The first-order chi connectivity index (χ1) is 8.99. The lowest BCUT2D eigenvalue weighted by Crippen LogP contribution is -2.26. The van der Waals surface area contributed by atoms with Crippen LogP contribution in [0.2, 0.25) is 0 Å². The van der Waals surface area contributed by atoms with E-state index in [1.54, 1.807) is 19.1 Å². The Morgan fingerprint density at radius 1 is 1.00 bits per heavy atom. The van der Waals surface area contributed by atoms with Gasteiger partial charge in [-0.3, -0.25) is 0 Å². The Labute approximate surface area is 112 Å². The maximum atomic E-state index is 10.9. The fraction of sp³-hybridized carbons (Fsp3) is 0.250. The number of aromatic hydroxyl groups is 2. The molecule has 19 heavy (non-hydrogen) atoms. The molecule has 0 radical (unpaired) electrons. The molecule has 0 fully saturated rings. The summed E-state index contributed by atoms with van der Waals surface area (Å²) in [6, 6.07) is 12.0. The molecule has 3 heteroatoms. The van der Waals surface area contributed by atoms with Crippen molar-refractivity contribution in [2.75, 3.05) is 0 Å². The highest BCUT2D eigenvalue weighted by Crippen LogP contribution is 2.40. The average molecular weight is 258 g/mol. The van der Waals surface area contributed by atoms with Gasteiger partial charge >= 0.3 is 0 Å². The molecule has 2 rings (SSSR count). The first kappa shape index (κ1) is 13.4. The fourth-order valence-corrected chi connectivity index (χ4v) is 2.28. The average Bonchev–Trinajstić information content (AvgIpc) is 2.43. The molecule has 0 saturated heterocycles. The molecule has 100 valence electrons. The van der Waals surface area contributed by atoms with Gasteiger partial charge in [-0.1, -0.05) is 37.3 Å². The molecule has 0 spiro atoms. The van der Waals surface area contributed by atoms with Crippen molar-refractivity contribution < 1.29 is 15.3 Å². The lowest BCUT2D eigenvalue weighted by molar-refractivity contribution is 0.0735. The van der Waals surface area contributed by atoms with Gasteiger partial charge < -0.3 is 15.3 Å². The highest BCUT2D eigenvalue weighted by Gasteiger charge is 2.32. The Morgan fingerprint density at radius 2 is 1.63 bits per heavy atom. The van der Waals surface area contributed by atoms with E-state index in [2.05, 4.69) is 0 Å². The monoisotopic (exact) mass is 258 g/mol. The van der Waals surface area contributed by atoms with Gasteiger partial charge in [0.1, 0.15) is 17.1 Å². The maximum Gasteiger partial charge on any atom is 0.122 e. The Hall–Kier alpha value is -2.00. The van der Waals surface area contributed by atoms with E-state index in [4.69, 9.17) is 0 Å². The largest absolute Gasteiger partial charge is 0.508 e. The van der Waals surface area contributed by atoms with Crippen LogP contribution in [-0.4, -0.2) is 15.3 Å². The minimum absolute atomic E-state index is 0.0106. The molecule has 0 aliphatic rings. The van der Waals surface area contributed by atoms with Gasteiger partial charge in [-0.2, -0.15) is 0 Å². The zero-order valence-electron chi connectivity index (χ0n) is 11.1. The van der Waals surface area contributed by atoms with E-state index in [0.29, 0.717) is 23.1 Å². The second-order valence-electron chi connectivity index (χ2n) is 4.74. The van der Waals surface area contributed by atoms with E-state index < -0.39 is 5.60 Å². The Morgan fingerprint density at radius 3 is 2.21 bits per heavy atom. The number of aryl methyl sites for hydroxylation is 1. The molecular formula is C16H18O3. The first-order valence-electron chi connectivity index (χ1n) is 6.30. The van der Waals surface area contributed by atoms with E-state index in [1.807, 2.05) is 25.1 Å². The van der Waals surface area contributed by atoms with Gasteiger partial charge in [0.2, 0.25) is 0 Å². The summed E-state index contributed by atoms with van der Waals surface area (Å²) >= 11 is 0. The molecule has 0 aromatic heterocycles. The molecule has 0 heterocycles. The molecule has 0 aliphatic carbocycles. The van der Waals surface area contributed by atoms with Crippen LogP contribution in [-0.2, 0) is 5.60 Å². The third-order valence-corrected chi connectivity index (χ3v) is 3.52. The van der Waals surface area contributed by atoms with E-state index in [-0.39, 0.29) is 11.5 Å². The van der Waals surface area contributed by atoms with E-state index in [1.165, 1.54) is 12.1 Å². The first-order valence-corrected chi connectivity index (χ1v) is 6.30. The minimum atomic E-state index is -1.31. The number of hydrogen-bond donors (Lipinski definition) is 3. The summed E-state index contributed by atoms with van der Waals surface area (Å²) in [6.45, 7) is 3.54. The third-order valence-electron chi connectivity index (χ3n) is 3.52. The summed E-state index contributed by atoms with van der Waals surface area (Å²) in [5, 5.41) is 30.8. The van der Waals surface area contributed by atoms with Crippen LogP contribution in [0, 0.1) is 6.92 Å². The van der Waals surface area contributed by atoms with Gasteiger partial charge in [0.05, 0.1) is 0 Å². The van der Waals surface area contributed by atoms with Gasteiger partial charge in [0.25, 0.3) is 0 Å². The molecule has 0 saturated carbocycles. The van der Waals surface area contributed by atoms with E-state index in [9.17, 15) is 15.3 Å². The molecular weight excluding hydrogens is 240 g/mol. The van der Waals surface area contributed by atoms with Crippen molar-refractivity contribution in [2.24, 2.45) is 0 Å². The van der Waals surface area contributed by atoms with Crippen LogP contribution < -0.4 is 0 Å². The number of hydrogen-bond acceptors (Lipinski definition) is 3. The van der Waals surface area contributed by atoms with Gasteiger partial charge in [0, 0.05) is 5.56 Å². The second kappa shape index (κ2) is 4.94. The molecule has 3 nitrogen and oxygen atoms in total. The predicted molar refractivity (Wildman–Crippen MR) is 74.2 cm³/mol. The maximum absolute atomic E-state index is 10.9. The van der Waals surface area contributed by atoms with Crippen molar-refractivity contribution in [2.45, 2.75) is 25.9 Å². The van der Waals surface area contributed by atoms with Crippen LogP contribution in [0.25, 0.3) is 0 Å². The fourth-order valence-electron chi connectivity index (χ4n) is 2.28. The molecule has 3 N–H and O–H groups in total. The summed E-state index contributed by atoms with van der Waals surface area (Å²) in [6.07, 6.45) is 0.396. The number of rotatable bonds is 3. The molecule has 0 bridgehead atoms. The number of benzene rings is 2. The van der Waals surface area contributed by atoms with Gasteiger partial charge in [-0.25, -0.2) is 0 Å². The lowest BCUT2D eigenvalue weighted by Gasteiger charge is -2.29. The standard InChI is InChI=1S/C16H18O3/c1-3-16(19,12-7-5-4-6-8-12)13-10-14(17)11(2)9-15(13)18/h4-10,17-19H,3H2,1-2H3. The van der Waals surface area contributed by atoms with Crippen molar-refractivity contribution >= 4 is 0 Å². The molecule has 0 aliphatic heterocycles. The molecule has 2 aromatic carbocycles. The highest BCUT2D eigenvalue weighted by molar-refractivity contribution is 5.50. The van der Waals surface area contributed by atoms with Crippen molar-refractivity contribution in [1.29, 1.82) is 0 Å². The minimum Gasteiger partial charge on any atom is -0.508 e. The van der Waals surface area contributed by atoms with Crippen molar-refractivity contribution in [3.8, 4) is 11.5 Å². The summed E-state index contributed by atoms with van der Waals surface area (Å²) < 4.78 is 0. The second-order valence-corrected chi connectivity index (χ2v) is 4.74. The van der Waals surface area contributed by atoms with Gasteiger partial charge in [-0.15, -0.1) is 0 Å². The molecule has 1 unspecified atom stereocenters. The van der Waals surface area contributed by atoms with Crippen molar-refractivity contribution in [1.82, 2.24) is 0 Å². The number of phenolic OH excluding ortho intramolecular Hbond substituents is 2. The number of aliphatic hydroxyl groups is 1. The zero-order valence-corrected chi connectivity index (χ0v) is 11.1. The van der Waals surface area contributed by atoms with Crippen molar-refractivity contribution in [3.63, 3.8) is 0 Å². The molecule has 0 amide bonds. The Kier molecular flexibility index (Phi) is 3.49. The smallest absolute Gasteiger partial charge is 0.122 e. The highest BCUT2D eigenvalue weighted by atomic mass is 16.3.